The maximum atomic E-state index is 8.02. The number of rotatable bonds is 3. The van der Waals surface area contributed by atoms with Crippen LogP contribution in [0.1, 0.15) is 35.1 Å². The van der Waals surface area contributed by atoms with Gasteiger partial charge in [0.15, 0.2) is 0 Å². The SMILES string of the molecule is CCOC(=N)c1cccc([C@@H]2CN(C)Cc3c(Cl)cc(Cl)cc32)c1. The Morgan fingerprint density at radius 3 is 2.83 bits per heavy atom. The van der Waals surface area contributed by atoms with Gasteiger partial charge in [0.25, 0.3) is 0 Å². The van der Waals surface area contributed by atoms with Crippen molar-refractivity contribution in [1.29, 1.82) is 5.41 Å². The standard InChI is InChI=1S/C19H20Cl2N2O/c1-3-24-19(22)13-6-4-5-12(7-13)16-10-23(2)11-17-15(16)8-14(20)9-18(17)21/h4-9,16,22H,3,10-11H2,1-2H3/t16-/m0/s1. The summed E-state index contributed by atoms with van der Waals surface area (Å²) in [5.74, 6) is 0.372. The minimum atomic E-state index is 0.171. The zero-order valence-corrected chi connectivity index (χ0v) is 15.3. The van der Waals surface area contributed by atoms with Crippen molar-refractivity contribution >= 4 is 29.1 Å². The molecular weight excluding hydrogens is 343 g/mol. The van der Waals surface area contributed by atoms with E-state index in [9.17, 15) is 0 Å². The van der Waals surface area contributed by atoms with Crippen molar-refractivity contribution in [3.63, 3.8) is 0 Å². The largest absolute Gasteiger partial charge is 0.478 e. The van der Waals surface area contributed by atoms with Crippen molar-refractivity contribution in [3.05, 3.63) is 68.7 Å². The molecule has 2 aromatic carbocycles. The number of fused-ring (bicyclic) bond motifs is 1. The van der Waals surface area contributed by atoms with Crippen LogP contribution in [0.3, 0.4) is 0 Å². The second-order valence-corrected chi connectivity index (χ2v) is 6.94. The molecule has 1 aliphatic heterocycles. The maximum absolute atomic E-state index is 8.02. The predicted molar refractivity (Wildman–Crippen MR) is 99.5 cm³/mol. The van der Waals surface area contributed by atoms with Crippen molar-refractivity contribution in [3.8, 4) is 0 Å². The number of hydrogen-bond donors (Lipinski definition) is 1. The van der Waals surface area contributed by atoms with Crippen LogP contribution in [0.25, 0.3) is 0 Å². The smallest absolute Gasteiger partial charge is 0.213 e. The van der Waals surface area contributed by atoms with E-state index in [1.54, 1.807) is 6.07 Å². The number of halogens is 2. The Kier molecular flexibility index (Phi) is 5.14. The summed E-state index contributed by atoms with van der Waals surface area (Å²) in [5.41, 5.74) is 4.23. The third-order valence-electron chi connectivity index (χ3n) is 4.33. The highest BCUT2D eigenvalue weighted by Crippen LogP contribution is 2.38. The van der Waals surface area contributed by atoms with Crippen molar-refractivity contribution in [2.75, 3.05) is 20.2 Å². The number of likely N-dealkylation sites (N-methyl/N-ethyl adjacent to an activating group) is 1. The summed E-state index contributed by atoms with van der Waals surface area (Å²) in [6.45, 7) is 4.07. The third kappa shape index (κ3) is 3.44. The molecule has 0 aromatic heterocycles. The van der Waals surface area contributed by atoms with Crippen LogP contribution in [-0.2, 0) is 11.3 Å². The Morgan fingerprint density at radius 1 is 1.29 bits per heavy atom. The second kappa shape index (κ2) is 7.14. The van der Waals surface area contributed by atoms with Gasteiger partial charge in [-0.3, -0.25) is 5.41 Å². The van der Waals surface area contributed by atoms with Crippen LogP contribution in [0, 0.1) is 5.41 Å². The van der Waals surface area contributed by atoms with Gasteiger partial charge in [-0.15, -0.1) is 0 Å². The average molecular weight is 363 g/mol. The third-order valence-corrected chi connectivity index (χ3v) is 4.89. The molecule has 24 heavy (non-hydrogen) atoms. The van der Waals surface area contributed by atoms with Crippen LogP contribution in [0.5, 0.6) is 0 Å². The molecule has 0 saturated carbocycles. The van der Waals surface area contributed by atoms with Gasteiger partial charge >= 0.3 is 0 Å². The number of nitrogens with one attached hydrogen (secondary N) is 1. The molecule has 1 atom stereocenters. The Labute approximate surface area is 152 Å². The first-order valence-corrected chi connectivity index (χ1v) is 8.73. The highest BCUT2D eigenvalue weighted by Gasteiger charge is 2.27. The molecule has 3 nitrogen and oxygen atoms in total. The molecule has 1 heterocycles. The molecule has 0 fully saturated rings. The Hall–Kier alpha value is -1.55. The number of ether oxygens (including phenoxy) is 1. The Bertz CT molecular complexity index is 776. The Morgan fingerprint density at radius 2 is 2.08 bits per heavy atom. The molecule has 0 bridgehead atoms. The molecule has 126 valence electrons. The van der Waals surface area contributed by atoms with Gasteiger partial charge in [-0.2, -0.15) is 0 Å². The van der Waals surface area contributed by atoms with Gasteiger partial charge in [-0.1, -0.05) is 35.3 Å². The first kappa shape index (κ1) is 17.3. The lowest BCUT2D eigenvalue weighted by atomic mass is 9.84. The summed E-state index contributed by atoms with van der Waals surface area (Å²) in [4.78, 5) is 2.26. The lowest BCUT2D eigenvalue weighted by molar-refractivity contribution is 0.295. The fourth-order valence-corrected chi connectivity index (χ4v) is 3.82. The quantitative estimate of drug-likeness (QED) is 0.620. The summed E-state index contributed by atoms with van der Waals surface area (Å²) in [6, 6.07) is 11.8. The highest BCUT2D eigenvalue weighted by atomic mass is 35.5. The van der Waals surface area contributed by atoms with E-state index < -0.39 is 0 Å². The van der Waals surface area contributed by atoms with Gasteiger partial charge in [0.2, 0.25) is 5.90 Å². The highest BCUT2D eigenvalue weighted by molar-refractivity contribution is 6.35. The number of benzene rings is 2. The second-order valence-electron chi connectivity index (χ2n) is 6.09. The molecule has 0 aliphatic carbocycles. The van der Waals surface area contributed by atoms with Crippen LogP contribution < -0.4 is 0 Å². The fourth-order valence-electron chi connectivity index (χ4n) is 3.25. The molecule has 1 N–H and O–H groups in total. The molecule has 0 radical (unpaired) electrons. The normalized spacial score (nSPS) is 17.4. The van der Waals surface area contributed by atoms with Crippen molar-refractivity contribution in [2.45, 2.75) is 19.4 Å². The number of hydrogen-bond acceptors (Lipinski definition) is 3. The molecule has 1 aliphatic rings. The summed E-state index contributed by atoms with van der Waals surface area (Å²) in [5, 5.41) is 9.39. The average Bonchev–Trinajstić information content (AvgIpc) is 2.55. The van der Waals surface area contributed by atoms with Crippen molar-refractivity contribution in [2.24, 2.45) is 0 Å². The molecule has 0 amide bonds. The molecule has 0 unspecified atom stereocenters. The minimum absolute atomic E-state index is 0.171. The van der Waals surface area contributed by atoms with E-state index in [2.05, 4.69) is 18.0 Å². The lowest BCUT2D eigenvalue weighted by Gasteiger charge is -2.33. The van der Waals surface area contributed by atoms with Crippen LogP contribution in [-0.4, -0.2) is 31.0 Å². The summed E-state index contributed by atoms with van der Waals surface area (Å²) >= 11 is 12.7. The van der Waals surface area contributed by atoms with Gasteiger partial charge in [-0.05, 0) is 54.9 Å². The van der Waals surface area contributed by atoms with E-state index in [0.29, 0.717) is 16.7 Å². The topological polar surface area (TPSA) is 36.3 Å². The summed E-state index contributed by atoms with van der Waals surface area (Å²) in [7, 11) is 2.09. The first-order chi connectivity index (χ1) is 11.5. The van der Waals surface area contributed by atoms with Gasteiger partial charge in [0.1, 0.15) is 0 Å². The van der Waals surface area contributed by atoms with Gasteiger partial charge < -0.3 is 9.64 Å². The van der Waals surface area contributed by atoms with E-state index in [1.165, 1.54) is 5.56 Å². The van der Waals surface area contributed by atoms with E-state index in [4.69, 9.17) is 33.3 Å². The maximum Gasteiger partial charge on any atom is 0.213 e. The van der Waals surface area contributed by atoms with Crippen LogP contribution in [0.2, 0.25) is 10.0 Å². The monoisotopic (exact) mass is 362 g/mol. The van der Waals surface area contributed by atoms with Crippen LogP contribution >= 0.6 is 23.2 Å². The predicted octanol–water partition coefficient (Wildman–Crippen LogP) is 4.93. The minimum Gasteiger partial charge on any atom is -0.478 e. The van der Waals surface area contributed by atoms with Gasteiger partial charge in [0, 0.05) is 34.6 Å². The summed E-state index contributed by atoms with van der Waals surface area (Å²) in [6.07, 6.45) is 0. The molecule has 0 spiro atoms. The van der Waals surface area contributed by atoms with E-state index in [-0.39, 0.29) is 11.8 Å². The zero-order chi connectivity index (χ0) is 17.3. The van der Waals surface area contributed by atoms with E-state index in [1.807, 2.05) is 31.2 Å². The first-order valence-electron chi connectivity index (χ1n) is 7.97. The molecule has 3 rings (SSSR count). The lowest BCUT2D eigenvalue weighted by Crippen LogP contribution is -2.31. The Balaban J connectivity index is 2.05. The van der Waals surface area contributed by atoms with Gasteiger partial charge in [0.05, 0.1) is 6.61 Å². The summed E-state index contributed by atoms with van der Waals surface area (Å²) < 4.78 is 5.33. The van der Waals surface area contributed by atoms with Crippen LogP contribution in [0.4, 0.5) is 0 Å². The van der Waals surface area contributed by atoms with E-state index in [0.717, 1.165) is 29.8 Å². The molecule has 2 aromatic rings. The fraction of sp³-hybridized carbons (Fsp3) is 0.316. The molecule has 0 saturated heterocycles. The van der Waals surface area contributed by atoms with Crippen molar-refractivity contribution < 1.29 is 4.74 Å². The van der Waals surface area contributed by atoms with E-state index >= 15 is 0 Å². The van der Waals surface area contributed by atoms with Crippen molar-refractivity contribution in [1.82, 2.24) is 4.90 Å². The molecule has 5 heteroatoms. The van der Waals surface area contributed by atoms with Gasteiger partial charge in [-0.25, -0.2) is 0 Å². The number of nitrogens with zero attached hydrogens (tertiary/aromatic N) is 1. The van der Waals surface area contributed by atoms with Crippen LogP contribution in [0.15, 0.2) is 36.4 Å². The molecular formula is C19H20Cl2N2O. The zero-order valence-electron chi connectivity index (χ0n) is 13.8.